The number of nitrogens with one attached hydrogen (secondary N) is 2. The van der Waals surface area contributed by atoms with Gasteiger partial charge in [0.2, 0.25) is 15.9 Å². The normalized spacial score (nSPS) is 11.2. The molecule has 0 fully saturated rings. The summed E-state index contributed by atoms with van der Waals surface area (Å²) in [6, 6.07) is 14.2. The summed E-state index contributed by atoms with van der Waals surface area (Å²) in [6.45, 7) is 4.40. The SMILES string of the molecule is Cc1ccc(S(=O)(=O)NCCNC(=O)CCOc2ccccc2)cc1C. The van der Waals surface area contributed by atoms with Crippen LogP contribution in [0, 0.1) is 13.8 Å². The molecular weight excluding hydrogens is 352 g/mol. The molecule has 0 spiro atoms. The maximum absolute atomic E-state index is 12.2. The first-order valence-corrected chi connectivity index (χ1v) is 9.88. The van der Waals surface area contributed by atoms with Crippen LogP contribution < -0.4 is 14.8 Å². The van der Waals surface area contributed by atoms with Crippen LogP contribution in [0.25, 0.3) is 0 Å². The Morgan fingerprint density at radius 1 is 1.00 bits per heavy atom. The second-order valence-electron chi connectivity index (χ2n) is 5.91. The third-order valence-corrected chi connectivity index (χ3v) is 5.33. The van der Waals surface area contributed by atoms with E-state index in [9.17, 15) is 13.2 Å². The lowest BCUT2D eigenvalue weighted by Gasteiger charge is -2.10. The highest BCUT2D eigenvalue weighted by Gasteiger charge is 2.14. The van der Waals surface area contributed by atoms with Crippen molar-refractivity contribution in [2.75, 3.05) is 19.7 Å². The van der Waals surface area contributed by atoms with Crippen LogP contribution in [-0.4, -0.2) is 34.0 Å². The van der Waals surface area contributed by atoms with E-state index >= 15 is 0 Å². The van der Waals surface area contributed by atoms with Gasteiger partial charge in [-0.25, -0.2) is 13.1 Å². The number of hydrogen-bond acceptors (Lipinski definition) is 4. The smallest absolute Gasteiger partial charge is 0.240 e. The van der Waals surface area contributed by atoms with Gasteiger partial charge in [0.1, 0.15) is 5.75 Å². The Balaban J connectivity index is 1.68. The highest BCUT2D eigenvalue weighted by molar-refractivity contribution is 7.89. The van der Waals surface area contributed by atoms with E-state index in [0.717, 1.165) is 11.1 Å². The summed E-state index contributed by atoms with van der Waals surface area (Å²) in [6.07, 6.45) is 0.207. The number of benzene rings is 2. The Bertz CT molecular complexity index is 836. The first kappa shape index (κ1) is 19.9. The average Bonchev–Trinajstić information content (AvgIpc) is 2.62. The van der Waals surface area contributed by atoms with Crippen LogP contribution in [-0.2, 0) is 14.8 Å². The molecule has 0 radical (unpaired) electrons. The zero-order chi connectivity index (χ0) is 19.0. The van der Waals surface area contributed by atoms with E-state index in [4.69, 9.17) is 4.74 Å². The van der Waals surface area contributed by atoms with Crippen molar-refractivity contribution >= 4 is 15.9 Å². The number of sulfonamides is 1. The molecule has 1 amide bonds. The molecule has 2 aromatic rings. The van der Waals surface area contributed by atoms with E-state index in [2.05, 4.69) is 10.0 Å². The molecule has 140 valence electrons. The van der Waals surface area contributed by atoms with Gasteiger partial charge in [-0.2, -0.15) is 0 Å². The van der Waals surface area contributed by atoms with Crippen molar-refractivity contribution in [2.24, 2.45) is 0 Å². The van der Waals surface area contributed by atoms with Gasteiger partial charge in [0, 0.05) is 13.1 Å². The second-order valence-corrected chi connectivity index (χ2v) is 7.67. The monoisotopic (exact) mass is 376 g/mol. The van der Waals surface area contributed by atoms with E-state index in [1.165, 1.54) is 0 Å². The van der Waals surface area contributed by atoms with Gasteiger partial charge in [-0.15, -0.1) is 0 Å². The fourth-order valence-corrected chi connectivity index (χ4v) is 3.33. The van der Waals surface area contributed by atoms with Crippen molar-refractivity contribution in [1.29, 1.82) is 0 Å². The number of carbonyl (C=O) groups is 1. The Labute approximate surface area is 154 Å². The minimum atomic E-state index is -3.58. The summed E-state index contributed by atoms with van der Waals surface area (Å²) in [5, 5.41) is 2.67. The van der Waals surface area contributed by atoms with Gasteiger partial charge in [-0.1, -0.05) is 24.3 Å². The number of ether oxygens (including phenoxy) is 1. The molecule has 0 atom stereocenters. The van der Waals surface area contributed by atoms with E-state index in [1.54, 1.807) is 18.2 Å². The van der Waals surface area contributed by atoms with Crippen molar-refractivity contribution < 1.29 is 17.9 Å². The van der Waals surface area contributed by atoms with Crippen LogP contribution in [0.4, 0.5) is 0 Å². The molecule has 6 nitrogen and oxygen atoms in total. The van der Waals surface area contributed by atoms with Gasteiger partial charge in [0.15, 0.2) is 0 Å². The lowest BCUT2D eigenvalue weighted by molar-refractivity contribution is -0.121. The minimum absolute atomic E-state index is 0.126. The maximum Gasteiger partial charge on any atom is 0.240 e. The predicted octanol–water partition coefficient (Wildman–Crippen LogP) is 2.17. The van der Waals surface area contributed by atoms with E-state index in [0.29, 0.717) is 5.75 Å². The molecule has 26 heavy (non-hydrogen) atoms. The molecule has 2 rings (SSSR count). The first-order valence-electron chi connectivity index (χ1n) is 8.40. The molecule has 0 aromatic heterocycles. The quantitative estimate of drug-likeness (QED) is 0.657. The third kappa shape index (κ3) is 6.16. The molecule has 0 heterocycles. The first-order chi connectivity index (χ1) is 12.4. The van der Waals surface area contributed by atoms with Gasteiger partial charge in [0.05, 0.1) is 17.9 Å². The summed E-state index contributed by atoms with van der Waals surface area (Å²) < 4.78 is 32.4. The van der Waals surface area contributed by atoms with Crippen molar-refractivity contribution in [3.8, 4) is 5.75 Å². The Morgan fingerprint density at radius 2 is 1.73 bits per heavy atom. The lowest BCUT2D eigenvalue weighted by atomic mass is 10.1. The molecule has 0 aliphatic carbocycles. The largest absolute Gasteiger partial charge is 0.493 e. The summed E-state index contributed by atoms with van der Waals surface area (Å²) >= 11 is 0. The Hall–Kier alpha value is -2.38. The molecule has 0 saturated heterocycles. The van der Waals surface area contributed by atoms with Gasteiger partial charge >= 0.3 is 0 Å². The third-order valence-electron chi connectivity index (χ3n) is 3.87. The molecule has 2 N–H and O–H groups in total. The number of aryl methyl sites for hydroxylation is 2. The van der Waals surface area contributed by atoms with Crippen LogP contribution in [0.1, 0.15) is 17.5 Å². The molecular formula is C19H24N2O4S. The molecule has 2 aromatic carbocycles. The molecule has 0 aliphatic rings. The van der Waals surface area contributed by atoms with Crippen molar-refractivity contribution in [2.45, 2.75) is 25.2 Å². The van der Waals surface area contributed by atoms with Gasteiger partial charge in [-0.05, 0) is 49.2 Å². The number of carbonyl (C=O) groups excluding carboxylic acids is 1. The van der Waals surface area contributed by atoms with Crippen LogP contribution >= 0.6 is 0 Å². The fraction of sp³-hybridized carbons (Fsp3) is 0.316. The summed E-state index contributed by atoms with van der Waals surface area (Å²) in [7, 11) is -3.58. The topological polar surface area (TPSA) is 84.5 Å². The maximum atomic E-state index is 12.2. The van der Waals surface area contributed by atoms with E-state index in [1.807, 2.05) is 44.2 Å². The van der Waals surface area contributed by atoms with Gasteiger partial charge < -0.3 is 10.1 Å². The number of hydrogen-bond donors (Lipinski definition) is 2. The molecule has 0 unspecified atom stereocenters. The number of amides is 1. The molecule has 0 saturated carbocycles. The molecule has 7 heteroatoms. The summed E-state index contributed by atoms with van der Waals surface area (Å²) in [5.41, 5.74) is 1.95. The zero-order valence-electron chi connectivity index (χ0n) is 15.0. The average molecular weight is 376 g/mol. The lowest BCUT2D eigenvalue weighted by Crippen LogP contribution is -2.35. The van der Waals surface area contributed by atoms with Crippen molar-refractivity contribution in [1.82, 2.24) is 10.0 Å². The Kier molecular flexibility index (Phi) is 7.17. The Morgan fingerprint density at radius 3 is 2.42 bits per heavy atom. The number of rotatable bonds is 9. The highest BCUT2D eigenvalue weighted by Crippen LogP contribution is 2.14. The van der Waals surface area contributed by atoms with Crippen LogP contribution in [0.5, 0.6) is 5.75 Å². The summed E-state index contributed by atoms with van der Waals surface area (Å²) in [5.74, 6) is 0.521. The number of para-hydroxylation sites is 1. The summed E-state index contributed by atoms with van der Waals surface area (Å²) in [4.78, 5) is 12.0. The zero-order valence-corrected chi connectivity index (χ0v) is 15.8. The van der Waals surface area contributed by atoms with Gasteiger partial charge in [-0.3, -0.25) is 4.79 Å². The minimum Gasteiger partial charge on any atom is -0.493 e. The fourth-order valence-electron chi connectivity index (χ4n) is 2.22. The standard InChI is InChI=1S/C19H24N2O4S/c1-15-8-9-18(14-16(15)2)26(23,24)21-12-11-20-19(22)10-13-25-17-6-4-3-5-7-17/h3-9,14,21H,10-13H2,1-2H3,(H,20,22). The predicted molar refractivity (Wildman–Crippen MR) is 101 cm³/mol. The van der Waals surface area contributed by atoms with E-state index in [-0.39, 0.29) is 36.9 Å². The molecule has 0 bridgehead atoms. The highest BCUT2D eigenvalue weighted by atomic mass is 32.2. The molecule has 0 aliphatic heterocycles. The van der Waals surface area contributed by atoms with Gasteiger partial charge in [0.25, 0.3) is 0 Å². The second kappa shape index (κ2) is 9.35. The van der Waals surface area contributed by atoms with Crippen LogP contribution in [0.2, 0.25) is 0 Å². The van der Waals surface area contributed by atoms with Crippen LogP contribution in [0.15, 0.2) is 53.4 Å². The van der Waals surface area contributed by atoms with Crippen LogP contribution in [0.3, 0.4) is 0 Å². The van der Waals surface area contributed by atoms with Crippen molar-refractivity contribution in [3.63, 3.8) is 0 Å². The van der Waals surface area contributed by atoms with E-state index < -0.39 is 10.0 Å². The van der Waals surface area contributed by atoms with Crippen molar-refractivity contribution in [3.05, 3.63) is 59.7 Å².